The summed E-state index contributed by atoms with van der Waals surface area (Å²) in [6, 6.07) is 22.6. The Morgan fingerprint density at radius 2 is 1.77 bits per heavy atom. The van der Waals surface area contributed by atoms with Crippen molar-refractivity contribution in [3.05, 3.63) is 114 Å². The first-order valence-corrected chi connectivity index (χ1v) is 12.8. The third-order valence-electron chi connectivity index (χ3n) is 6.34. The zero-order valence-electron chi connectivity index (χ0n) is 22.1. The number of amides is 1. The van der Waals surface area contributed by atoms with Crippen molar-refractivity contribution in [1.29, 1.82) is 0 Å². The highest BCUT2D eigenvalue weighted by Crippen LogP contribution is 2.25. The molecular formula is C31H28N6O3. The summed E-state index contributed by atoms with van der Waals surface area (Å²) in [4.78, 5) is 37.7. The molecule has 0 atom stereocenters. The quantitative estimate of drug-likeness (QED) is 0.214. The maximum atomic E-state index is 13.3. The number of carboxylic acids is 1. The van der Waals surface area contributed by atoms with Gasteiger partial charge in [0.2, 0.25) is 5.95 Å². The zero-order valence-corrected chi connectivity index (χ0v) is 22.1. The van der Waals surface area contributed by atoms with E-state index in [0.29, 0.717) is 29.3 Å². The summed E-state index contributed by atoms with van der Waals surface area (Å²) in [5, 5.41) is 15.4. The van der Waals surface area contributed by atoms with E-state index in [-0.39, 0.29) is 12.3 Å². The number of rotatable bonds is 9. The molecule has 9 heteroatoms. The number of anilines is 3. The smallest absolute Gasteiger partial charge is 0.303 e. The Hall–Kier alpha value is -5.31. The number of aryl methyl sites for hydroxylation is 3. The van der Waals surface area contributed by atoms with E-state index in [1.165, 1.54) is 0 Å². The van der Waals surface area contributed by atoms with Gasteiger partial charge >= 0.3 is 5.97 Å². The van der Waals surface area contributed by atoms with Crippen molar-refractivity contribution in [3.8, 4) is 16.9 Å². The predicted octanol–water partition coefficient (Wildman–Crippen LogP) is 5.96. The van der Waals surface area contributed by atoms with Gasteiger partial charge in [0.15, 0.2) is 0 Å². The Morgan fingerprint density at radius 3 is 2.52 bits per heavy atom. The molecule has 0 fully saturated rings. The maximum absolute atomic E-state index is 13.3. The number of hydrogen-bond donors (Lipinski definition) is 3. The lowest BCUT2D eigenvalue weighted by Gasteiger charge is -2.13. The minimum absolute atomic E-state index is 0.0136. The van der Waals surface area contributed by atoms with Gasteiger partial charge in [0.05, 0.1) is 17.7 Å². The van der Waals surface area contributed by atoms with Crippen LogP contribution in [0, 0.1) is 13.8 Å². The van der Waals surface area contributed by atoms with Gasteiger partial charge in [0, 0.05) is 47.0 Å². The molecule has 0 saturated heterocycles. The number of imidazole rings is 1. The minimum atomic E-state index is -0.882. The first-order valence-electron chi connectivity index (χ1n) is 12.8. The lowest BCUT2D eigenvalue weighted by atomic mass is 10.1. The van der Waals surface area contributed by atoms with E-state index in [2.05, 4.69) is 25.6 Å². The standard InChI is InChI=1S/C31H28N6O3/c1-20-8-10-24(16-28(20)36-31-32-13-12-27(35-31)23-6-4-3-5-7-23)30(40)34-25-14-22(9-11-29(38)39)15-26(17-25)37-18-21(2)33-19-37/h3-8,10,12-19H,9,11H2,1-2H3,(H,34,40)(H,38,39)(H,32,35,36). The van der Waals surface area contributed by atoms with E-state index in [0.717, 1.165) is 33.8 Å². The molecule has 3 aromatic carbocycles. The zero-order chi connectivity index (χ0) is 28.1. The molecule has 5 aromatic rings. The molecule has 9 nitrogen and oxygen atoms in total. The maximum Gasteiger partial charge on any atom is 0.303 e. The average Bonchev–Trinajstić information content (AvgIpc) is 3.40. The number of benzene rings is 3. The molecule has 2 heterocycles. The van der Waals surface area contributed by atoms with Crippen LogP contribution < -0.4 is 10.6 Å². The Morgan fingerprint density at radius 1 is 0.950 bits per heavy atom. The Kier molecular flexibility index (Phi) is 7.63. The molecule has 0 radical (unpaired) electrons. The monoisotopic (exact) mass is 532 g/mol. The molecule has 3 N–H and O–H groups in total. The average molecular weight is 533 g/mol. The number of nitrogens with zero attached hydrogens (tertiary/aromatic N) is 4. The Labute approximate surface area is 231 Å². The Balaban J connectivity index is 1.38. The summed E-state index contributed by atoms with van der Waals surface area (Å²) < 4.78 is 1.84. The van der Waals surface area contributed by atoms with Crippen LogP contribution in [0.2, 0.25) is 0 Å². The van der Waals surface area contributed by atoms with Crippen LogP contribution in [0.4, 0.5) is 17.3 Å². The Bertz CT molecular complexity index is 1680. The van der Waals surface area contributed by atoms with E-state index < -0.39 is 5.97 Å². The van der Waals surface area contributed by atoms with Crippen molar-refractivity contribution in [2.24, 2.45) is 0 Å². The van der Waals surface area contributed by atoms with Crippen LogP contribution in [0.1, 0.15) is 33.6 Å². The molecule has 0 spiro atoms. The number of carbonyl (C=O) groups is 2. The van der Waals surface area contributed by atoms with Gasteiger partial charge in [-0.2, -0.15) is 0 Å². The molecule has 0 aliphatic rings. The van der Waals surface area contributed by atoms with E-state index in [1.54, 1.807) is 30.7 Å². The molecule has 2 aromatic heterocycles. The third kappa shape index (κ3) is 6.39. The predicted molar refractivity (Wildman–Crippen MR) is 154 cm³/mol. The van der Waals surface area contributed by atoms with Crippen LogP contribution in [0.3, 0.4) is 0 Å². The van der Waals surface area contributed by atoms with Crippen LogP contribution >= 0.6 is 0 Å². The van der Waals surface area contributed by atoms with Crippen molar-refractivity contribution in [3.63, 3.8) is 0 Å². The lowest BCUT2D eigenvalue weighted by molar-refractivity contribution is -0.136. The van der Waals surface area contributed by atoms with Gasteiger partial charge in [0.25, 0.3) is 5.91 Å². The lowest BCUT2D eigenvalue weighted by Crippen LogP contribution is -2.13. The van der Waals surface area contributed by atoms with E-state index >= 15 is 0 Å². The summed E-state index contributed by atoms with van der Waals surface area (Å²) in [6.07, 6.45) is 5.57. The second-order valence-electron chi connectivity index (χ2n) is 9.44. The summed E-state index contributed by atoms with van der Waals surface area (Å²) in [5.74, 6) is -0.758. The molecule has 0 saturated carbocycles. The molecule has 0 unspecified atom stereocenters. The molecule has 40 heavy (non-hydrogen) atoms. The molecule has 1 amide bonds. The van der Waals surface area contributed by atoms with Gasteiger partial charge in [0.1, 0.15) is 0 Å². The van der Waals surface area contributed by atoms with Gasteiger partial charge < -0.3 is 20.3 Å². The number of hydrogen-bond acceptors (Lipinski definition) is 6. The number of aromatic nitrogens is 4. The van der Waals surface area contributed by atoms with Crippen molar-refractivity contribution in [2.75, 3.05) is 10.6 Å². The van der Waals surface area contributed by atoms with Crippen LogP contribution in [0.15, 0.2) is 91.5 Å². The van der Waals surface area contributed by atoms with Gasteiger partial charge in [-0.1, -0.05) is 36.4 Å². The van der Waals surface area contributed by atoms with Crippen molar-refractivity contribution < 1.29 is 14.7 Å². The van der Waals surface area contributed by atoms with Gasteiger partial charge in [-0.05, 0) is 67.8 Å². The molecular weight excluding hydrogens is 504 g/mol. The van der Waals surface area contributed by atoms with Crippen molar-refractivity contribution in [1.82, 2.24) is 19.5 Å². The highest BCUT2D eigenvalue weighted by molar-refractivity contribution is 6.05. The SMILES string of the molecule is Cc1cn(-c2cc(CCC(=O)O)cc(NC(=O)c3ccc(C)c(Nc4nccc(-c5ccccc5)n4)c3)c2)cn1. The van der Waals surface area contributed by atoms with Crippen molar-refractivity contribution in [2.45, 2.75) is 26.7 Å². The fourth-order valence-electron chi connectivity index (χ4n) is 4.26. The highest BCUT2D eigenvalue weighted by atomic mass is 16.4. The molecule has 0 bridgehead atoms. The largest absolute Gasteiger partial charge is 0.481 e. The second kappa shape index (κ2) is 11.6. The second-order valence-corrected chi connectivity index (χ2v) is 9.44. The fraction of sp³-hybridized carbons (Fsp3) is 0.129. The summed E-state index contributed by atoms with van der Waals surface area (Å²) in [5.41, 5.74) is 6.83. The van der Waals surface area contributed by atoms with Crippen LogP contribution in [-0.4, -0.2) is 36.5 Å². The van der Waals surface area contributed by atoms with E-state index in [9.17, 15) is 9.59 Å². The van der Waals surface area contributed by atoms with Crippen LogP contribution in [-0.2, 0) is 11.2 Å². The number of nitrogens with one attached hydrogen (secondary N) is 2. The van der Waals surface area contributed by atoms with Crippen LogP contribution in [0.25, 0.3) is 16.9 Å². The summed E-state index contributed by atoms with van der Waals surface area (Å²) >= 11 is 0. The number of carbonyl (C=O) groups excluding carboxylic acids is 1. The first kappa shape index (κ1) is 26.3. The fourth-order valence-corrected chi connectivity index (χ4v) is 4.26. The molecule has 5 rings (SSSR count). The summed E-state index contributed by atoms with van der Waals surface area (Å²) in [7, 11) is 0. The first-order chi connectivity index (χ1) is 19.3. The highest BCUT2D eigenvalue weighted by Gasteiger charge is 2.13. The number of aliphatic carboxylic acids is 1. The van der Waals surface area contributed by atoms with Crippen molar-refractivity contribution >= 4 is 29.2 Å². The van der Waals surface area contributed by atoms with Gasteiger partial charge in [-0.15, -0.1) is 0 Å². The molecule has 200 valence electrons. The summed E-state index contributed by atoms with van der Waals surface area (Å²) in [6.45, 7) is 3.83. The molecule has 0 aliphatic heterocycles. The van der Waals surface area contributed by atoms with E-state index in [4.69, 9.17) is 5.11 Å². The molecule has 0 aliphatic carbocycles. The third-order valence-corrected chi connectivity index (χ3v) is 6.34. The van der Waals surface area contributed by atoms with Gasteiger partial charge in [-0.3, -0.25) is 9.59 Å². The van der Waals surface area contributed by atoms with E-state index in [1.807, 2.05) is 79.2 Å². The minimum Gasteiger partial charge on any atom is -0.481 e. The topological polar surface area (TPSA) is 122 Å². The number of carboxylic acid groups (broad SMARTS) is 1. The van der Waals surface area contributed by atoms with Gasteiger partial charge in [-0.25, -0.2) is 15.0 Å². The normalized spacial score (nSPS) is 10.8. The van der Waals surface area contributed by atoms with Crippen LogP contribution in [0.5, 0.6) is 0 Å².